The quantitative estimate of drug-likeness (QED) is 0.696. The van der Waals surface area contributed by atoms with Gasteiger partial charge in [0.15, 0.2) is 0 Å². The monoisotopic (exact) mass is 235 g/mol. The molecule has 1 saturated carbocycles. The molecule has 0 radical (unpaired) electrons. The van der Waals surface area contributed by atoms with Crippen LogP contribution in [0.2, 0.25) is 0 Å². The van der Waals surface area contributed by atoms with Crippen molar-refractivity contribution in [3.8, 4) is 0 Å². The van der Waals surface area contributed by atoms with Crippen molar-refractivity contribution in [1.82, 2.24) is 4.72 Å². The van der Waals surface area contributed by atoms with Crippen LogP contribution in [-0.2, 0) is 14.8 Å². The smallest absolute Gasteiger partial charge is 0.214 e. The summed E-state index contributed by atoms with van der Waals surface area (Å²) in [4.78, 5) is 0. The van der Waals surface area contributed by atoms with Gasteiger partial charge in [0, 0.05) is 32.6 Å². The molecule has 0 aromatic rings. The fourth-order valence-electron chi connectivity index (χ4n) is 1.66. The van der Waals surface area contributed by atoms with Crippen LogP contribution in [0.5, 0.6) is 0 Å². The lowest BCUT2D eigenvalue weighted by molar-refractivity contribution is -0.0588. The van der Waals surface area contributed by atoms with Crippen molar-refractivity contribution < 1.29 is 18.3 Å². The molecule has 0 atom stereocenters. The number of rotatable bonds is 4. The molecule has 1 aliphatic heterocycles. The molecule has 0 unspecified atom stereocenters. The highest BCUT2D eigenvalue weighted by Crippen LogP contribution is 2.28. The number of ether oxygens (including phenoxy) is 1. The summed E-state index contributed by atoms with van der Waals surface area (Å²) in [7, 11) is -3.18. The molecule has 1 saturated heterocycles. The van der Waals surface area contributed by atoms with Gasteiger partial charge < -0.3 is 9.84 Å². The van der Waals surface area contributed by atoms with Gasteiger partial charge in [0.05, 0.1) is 10.9 Å². The fourth-order valence-corrected chi connectivity index (χ4v) is 3.12. The lowest BCUT2D eigenvalue weighted by Crippen LogP contribution is -2.47. The summed E-state index contributed by atoms with van der Waals surface area (Å²) in [5, 5.41) is 9.81. The number of hydrogen-bond acceptors (Lipinski definition) is 4. The first kappa shape index (κ1) is 11.3. The van der Waals surface area contributed by atoms with Crippen LogP contribution in [0.4, 0.5) is 0 Å². The normalized spacial score (nSPS) is 26.5. The molecule has 15 heavy (non-hydrogen) atoms. The third-order valence-electron chi connectivity index (χ3n) is 2.99. The van der Waals surface area contributed by atoms with Crippen LogP contribution in [0.25, 0.3) is 0 Å². The highest BCUT2D eigenvalue weighted by molar-refractivity contribution is 7.90. The Morgan fingerprint density at radius 3 is 2.47 bits per heavy atom. The molecule has 1 heterocycles. The maximum absolute atomic E-state index is 11.5. The van der Waals surface area contributed by atoms with E-state index < -0.39 is 15.6 Å². The SMILES string of the molecule is O=S(=O)(NCC1(O)CCOCC1)C1CC1. The molecule has 2 rings (SSSR count). The summed E-state index contributed by atoms with van der Waals surface area (Å²) in [6.45, 7) is 1.12. The summed E-state index contributed by atoms with van der Waals surface area (Å²) in [5.74, 6) is 0. The van der Waals surface area contributed by atoms with Crippen LogP contribution in [-0.4, -0.2) is 44.1 Å². The van der Waals surface area contributed by atoms with Gasteiger partial charge in [-0.3, -0.25) is 0 Å². The van der Waals surface area contributed by atoms with Crippen molar-refractivity contribution in [2.45, 2.75) is 36.5 Å². The summed E-state index contributed by atoms with van der Waals surface area (Å²) >= 11 is 0. The van der Waals surface area contributed by atoms with Crippen LogP contribution >= 0.6 is 0 Å². The van der Waals surface area contributed by atoms with Crippen LogP contribution in [0, 0.1) is 0 Å². The van der Waals surface area contributed by atoms with Crippen molar-refractivity contribution in [2.24, 2.45) is 0 Å². The Labute approximate surface area is 89.9 Å². The summed E-state index contributed by atoms with van der Waals surface area (Å²) in [6, 6.07) is 0. The molecule has 0 aromatic heterocycles. The Morgan fingerprint density at radius 1 is 1.33 bits per heavy atom. The average Bonchev–Trinajstić information content (AvgIpc) is 3.00. The number of hydrogen-bond donors (Lipinski definition) is 2. The third-order valence-corrected chi connectivity index (χ3v) is 4.88. The minimum Gasteiger partial charge on any atom is -0.388 e. The predicted molar refractivity (Wildman–Crippen MR) is 54.9 cm³/mol. The van der Waals surface area contributed by atoms with Crippen LogP contribution in [0.15, 0.2) is 0 Å². The molecule has 0 amide bonds. The second kappa shape index (κ2) is 4.01. The lowest BCUT2D eigenvalue weighted by atomic mass is 9.95. The zero-order chi connectivity index (χ0) is 10.9. The maximum Gasteiger partial charge on any atom is 0.214 e. The average molecular weight is 235 g/mol. The lowest BCUT2D eigenvalue weighted by Gasteiger charge is -2.31. The van der Waals surface area contributed by atoms with Gasteiger partial charge in [-0.1, -0.05) is 0 Å². The van der Waals surface area contributed by atoms with Crippen LogP contribution < -0.4 is 4.72 Å². The first-order chi connectivity index (χ1) is 7.02. The second-order valence-corrected chi connectivity index (χ2v) is 6.45. The molecular weight excluding hydrogens is 218 g/mol. The molecule has 1 aliphatic carbocycles. The van der Waals surface area contributed by atoms with Crippen LogP contribution in [0.1, 0.15) is 25.7 Å². The summed E-state index contributed by atoms with van der Waals surface area (Å²) in [5.41, 5.74) is -0.916. The Balaban J connectivity index is 1.86. The predicted octanol–water partition coefficient (Wildman–Crippen LogP) is -0.390. The van der Waals surface area contributed by atoms with Gasteiger partial charge in [-0.05, 0) is 12.8 Å². The van der Waals surface area contributed by atoms with Gasteiger partial charge in [0.25, 0.3) is 0 Å². The molecule has 0 aromatic carbocycles. The molecule has 2 aliphatic rings. The van der Waals surface area contributed by atoms with Gasteiger partial charge in [-0.25, -0.2) is 13.1 Å². The summed E-state index contributed by atoms with van der Waals surface area (Å²) < 4.78 is 30.7. The molecule has 2 fully saturated rings. The van der Waals surface area contributed by atoms with Crippen molar-refractivity contribution in [3.63, 3.8) is 0 Å². The Bertz CT molecular complexity index is 317. The Hall–Kier alpha value is -0.170. The molecule has 0 spiro atoms. The molecule has 2 N–H and O–H groups in total. The van der Waals surface area contributed by atoms with Gasteiger partial charge >= 0.3 is 0 Å². The molecule has 0 bridgehead atoms. The van der Waals surface area contributed by atoms with E-state index in [1.54, 1.807) is 0 Å². The van der Waals surface area contributed by atoms with Crippen LogP contribution in [0.3, 0.4) is 0 Å². The van der Waals surface area contributed by atoms with E-state index in [1.165, 1.54) is 0 Å². The fraction of sp³-hybridized carbons (Fsp3) is 1.00. The highest BCUT2D eigenvalue weighted by atomic mass is 32.2. The van der Waals surface area contributed by atoms with E-state index in [0.717, 1.165) is 12.8 Å². The van der Waals surface area contributed by atoms with Crippen molar-refractivity contribution in [3.05, 3.63) is 0 Å². The van der Waals surface area contributed by atoms with E-state index >= 15 is 0 Å². The van der Waals surface area contributed by atoms with Crippen molar-refractivity contribution >= 4 is 10.0 Å². The first-order valence-electron chi connectivity index (χ1n) is 5.30. The zero-order valence-corrected chi connectivity index (χ0v) is 9.42. The third kappa shape index (κ3) is 2.90. The van der Waals surface area contributed by atoms with Gasteiger partial charge in [-0.2, -0.15) is 0 Å². The minimum atomic E-state index is -3.18. The van der Waals surface area contributed by atoms with E-state index in [2.05, 4.69) is 4.72 Å². The molecular formula is C9H17NO4S. The van der Waals surface area contributed by atoms with E-state index in [9.17, 15) is 13.5 Å². The number of sulfonamides is 1. The topological polar surface area (TPSA) is 75.6 Å². The van der Waals surface area contributed by atoms with E-state index in [0.29, 0.717) is 26.1 Å². The van der Waals surface area contributed by atoms with E-state index in [1.807, 2.05) is 0 Å². The van der Waals surface area contributed by atoms with E-state index in [4.69, 9.17) is 4.74 Å². The first-order valence-corrected chi connectivity index (χ1v) is 6.85. The molecule has 88 valence electrons. The largest absolute Gasteiger partial charge is 0.388 e. The van der Waals surface area contributed by atoms with Gasteiger partial charge in [0.1, 0.15) is 0 Å². The Kier molecular flexibility index (Phi) is 3.03. The van der Waals surface area contributed by atoms with Crippen molar-refractivity contribution in [1.29, 1.82) is 0 Å². The van der Waals surface area contributed by atoms with E-state index in [-0.39, 0.29) is 11.8 Å². The number of aliphatic hydroxyl groups is 1. The zero-order valence-electron chi connectivity index (χ0n) is 8.61. The van der Waals surface area contributed by atoms with Crippen molar-refractivity contribution in [2.75, 3.05) is 19.8 Å². The van der Waals surface area contributed by atoms with Gasteiger partial charge in [0.2, 0.25) is 10.0 Å². The van der Waals surface area contributed by atoms with Gasteiger partial charge in [-0.15, -0.1) is 0 Å². The standard InChI is InChI=1S/C9H17NO4S/c11-9(3-5-14-6-4-9)7-10-15(12,13)8-1-2-8/h8,10-11H,1-7H2. The molecule has 6 heteroatoms. The Morgan fingerprint density at radius 2 is 1.93 bits per heavy atom. The number of nitrogens with one attached hydrogen (secondary N) is 1. The molecule has 5 nitrogen and oxygen atoms in total. The summed E-state index contributed by atoms with van der Waals surface area (Å²) in [6.07, 6.45) is 2.49. The second-order valence-electron chi connectivity index (χ2n) is 4.40. The maximum atomic E-state index is 11.5. The minimum absolute atomic E-state index is 0.120. The highest BCUT2D eigenvalue weighted by Gasteiger charge is 2.38.